The van der Waals surface area contributed by atoms with Crippen LogP contribution in [0.3, 0.4) is 0 Å². The summed E-state index contributed by atoms with van der Waals surface area (Å²) in [6, 6.07) is 16.7. The average molecular weight is 300 g/mol. The Labute approximate surface area is 126 Å². The van der Waals surface area contributed by atoms with Gasteiger partial charge in [0.2, 0.25) is 0 Å². The van der Waals surface area contributed by atoms with Gasteiger partial charge in [-0.25, -0.2) is 0 Å². The van der Waals surface area contributed by atoms with Gasteiger partial charge >= 0.3 is 0 Å². The molecule has 5 nitrogen and oxygen atoms in total. The maximum Gasteiger partial charge on any atom is 0.179 e. The number of rotatable bonds is 1. The number of fused-ring (bicyclic) bond motifs is 1. The average Bonchev–Trinajstić information content (AvgIpc) is 2.90. The van der Waals surface area contributed by atoms with Crippen LogP contribution in [0, 0.1) is 11.5 Å². The molecule has 0 radical (unpaired) electrons. The number of hydrogen-bond acceptors (Lipinski definition) is 4. The van der Waals surface area contributed by atoms with Crippen molar-refractivity contribution in [1.29, 1.82) is 5.26 Å². The Balaban J connectivity index is 0.000000361. The van der Waals surface area contributed by atoms with Gasteiger partial charge in [0.1, 0.15) is 0 Å². The second-order valence-corrected chi connectivity index (χ2v) is 5.05. The van der Waals surface area contributed by atoms with Crippen molar-refractivity contribution in [1.82, 2.24) is 4.90 Å². The molecule has 0 spiro atoms. The predicted octanol–water partition coefficient (Wildman–Crippen LogP) is 1.89. The van der Waals surface area contributed by atoms with Gasteiger partial charge in [-0.1, -0.05) is 48.5 Å². The molecule has 3 rings (SSSR count). The smallest absolute Gasteiger partial charge is 0.179 e. The molecule has 2 N–H and O–H groups in total. The molecule has 0 amide bonds. The predicted molar refractivity (Wildman–Crippen MR) is 79.8 cm³/mol. The molecule has 1 unspecified atom stereocenters. The molecule has 0 fully saturated rings. The summed E-state index contributed by atoms with van der Waals surface area (Å²) in [7, 11) is 0. The van der Waals surface area contributed by atoms with Crippen LogP contribution in [0.25, 0.3) is 11.1 Å². The van der Waals surface area contributed by atoms with Gasteiger partial charge in [-0.2, -0.15) is 5.26 Å². The number of nitrogens with two attached hydrogens (primary N) is 1. The first kappa shape index (κ1) is 15.2. The van der Waals surface area contributed by atoms with Gasteiger partial charge in [-0.3, -0.25) is 9.35 Å². The third kappa shape index (κ3) is 3.89. The van der Waals surface area contributed by atoms with E-state index >= 15 is 0 Å². The quantitative estimate of drug-likeness (QED) is 0.643. The minimum Gasteiger partial charge on any atom is -0.760 e. The molecular formula is C15H14N3O2S-. The molecule has 1 aliphatic heterocycles. The fourth-order valence-corrected chi connectivity index (χ4v) is 2.38. The van der Waals surface area contributed by atoms with E-state index in [2.05, 4.69) is 41.7 Å². The number of benzene rings is 2. The second-order valence-electron chi connectivity index (χ2n) is 4.53. The van der Waals surface area contributed by atoms with Crippen molar-refractivity contribution < 1.29 is 8.76 Å². The fourth-order valence-electron chi connectivity index (χ4n) is 2.38. The lowest BCUT2D eigenvalue weighted by Crippen LogP contribution is -2.07. The molecule has 0 saturated carbocycles. The summed E-state index contributed by atoms with van der Waals surface area (Å²) < 4.78 is 17.6. The lowest BCUT2D eigenvalue weighted by atomic mass is 9.97. The van der Waals surface area contributed by atoms with Crippen LogP contribution < -0.4 is 5.14 Å². The fraction of sp³-hybridized carbons (Fsp3) is 0.133. The molecule has 1 heterocycles. The van der Waals surface area contributed by atoms with Crippen LogP contribution in [0.5, 0.6) is 0 Å². The molecule has 2 aromatic rings. The number of nitriles is 1. The Kier molecular flexibility index (Phi) is 5.06. The Morgan fingerprint density at radius 2 is 1.81 bits per heavy atom. The van der Waals surface area contributed by atoms with E-state index in [-0.39, 0.29) is 0 Å². The van der Waals surface area contributed by atoms with Gasteiger partial charge in [-0.05, 0) is 22.3 Å². The highest BCUT2D eigenvalue weighted by Crippen LogP contribution is 2.31. The van der Waals surface area contributed by atoms with Crippen molar-refractivity contribution in [2.24, 2.45) is 5.14 Å². The Morgan fingerprint density at radius 3 is 2.43 bits per heavy atom. The summed E-state index contributed by atoms with van der Waals surface area (Å²) >= 11 is -2.36. The second kappa shape index (κ2) is 6.99. The normalized spacial score (nSPS) is 13.7. The van der Waals surface area contributed by atoms with Gasteiger partial charge in [-0.15, -0.1) is 0 Å². The Morgan fingerprint density at radius 1 is 1.14 bits per heavy atom. The van der Waals surface area contributed by atoms with Crippen LogP contribution in [0.2, 0.25) is 0 Å². The zero-order valence-corrected chi connectivity index (χ0v) is 12.0. The molecule has 2 aromatic carbocycles. The van der Waals surface area contributed by atoms with E-state index in [1.165, 1.54) is 22.3 Å². The molecule has 0 saturated heterocycles. The van der Waals surface area contributed by atoms with Gasteiger partial charge in [0.25, 0.3) is 0 Å². The zero-order chi connectivity index (χ0) is 15.2. The van der Waals surface area contributed by atoms with Gasteiger partial charge in [0.05, 0.1) is 13.1 Å². The summed E-state index contributed by atoms with van der Waals surface area (Å²) in [6.45, 7) is 1.48. The van der Waals surface area contributed by atoms with E-state index in [0.29, 0.717) is 0 Å². The standard InChI is InChI=1S/C15H12N2.H3NO2S/c16-11-17-9-13-7-4-8-14(15(13)10-17)12-5-2-1-3-6-12;1-4(2)3/h1-8H,9-10H2;1H2,(H,2,3)/p-1. The van der Waals surface area contributed by atoms with Crippen molar-refractivity contribution in [2.75, 3.05) is 0 Å². The van der Waals surface area contributed by atoms with Crippen LogP contribution >= 0.6 is 0 Å². The molecule has 6 heteroatoms. The van der Waals surface area contributed by atoms with Crippen molar-refractivity contribution in [3.05, 3.63) is 59.7 Å². The zero-order valence-electron chi connectivity index (χ0n) is 11.2. The van der Waals surface area contributed by atoms with Crippen LogP contribution in [0.4, 0.5) is 0 Å². The van der Waals surface area contributed by atoms with Crippen LogP contribution in [-0.2, 0) is 24.4 Å². The first-order chi connectivity index (χ1) is 10.1. The summed E-state index contributed by atoms with van der Waals surface area (Å²) in [5.74, 6) is 0. The molecule has 0 aliphatic carbocycles. The number of hydrogen-bond donors (Lipinski definition) is 1. The van der Waals surface area contributed by atoms with E-state index in [9.17, 15) is 0 Å². The SMILES string of the molecule is N#CN1Cc2cccc(-c3ccccc3)c2C1.NS(=O)[O-]. The Hall–Kier alpha value is -2.20. The lowest BCUT2D eigenvalue weighted by Gasteiger charge is -2.07. The minimum atomic E-state index is -2.36. The Bertz CT molecular complexity index is 679. The summed E-state index contributed by atoms with van der Waals surface area (Å²) in [4.78, 5) is 1.79. The third-order valence-electron chi connectivity index (χ3n) is 3.21. The summed E-state index contributed by atoms with van der Waals surface area (Å²) in [5, 5.41) is 13.0. The topological polar surface area (TPSA) is 93.2 Å². The van der Waals surface area contributed by atoms with Crippen LogP contribution in [0.1, 0.15) is 11.1 Å². The summed E-state index contributed by atoms with van der Waals surface area (Å²) in [6.07, 6.45) is 2.22. The van der Waals surface area contributed by atoms with E-state index < -0.39 is 11.3 Å². The highest BCUT2D eigenvalue weighted by Gasteiger charge is 2.20. The van der Waals surface area contributed by atoms with Gasteiger partial charge < -0.3 is 9.45 Å². The summed E-state index contributed by atoms with van der Waals surface area (Å²) in [5.41, 5.74) is 5.04. The molecule has 0 bridgehead atoms. The molecule has 108 valence electrons. The van der Waals surface area contributed by atoms with E-state index in [4.69, 9.17) is 14.0 Å². The van der Waals surface area contributed by atoms with E-state index in [1.807, 2.05) is 18.2 Å². The van der Waals surface area contributed by atoms with Crippen molar-refractivity contribution in [3.63, 3.8) is 0 Å². The maximum atomic E-state index is 8.98. The molecule has 0 aromatic heterocycles. The van der Waals surface area contributed by atoms with E-state index in [1.54, 1.807) is 4.90 Å². The van der Waals surface area contributed by atoms with Gasteiger partial charge in [0.15, 0.2) is 6.19 Å². The molecule has 21 heavy (non-hydrogen) atoms. The van der Waals surface area contributed by atoms with Crippen LogP contribution in [0.15, 0.2) is 48.5 Å². The molecule has 1 atom stereocenters. The van der Waals surface area contributed by atoms with E-state index in [0.717, 1.165) is 13.1 Å². The first-order valence-corrected chi connectivity index (χ1v) is 7.40. The first-order valence-electron chi connectivity index (χ1n) is 6.26. The highest BCUT2D eigenvalue weighted by atomic mass is 32.2. The lowest BCUT2D eigenvalue weighted by molar-refractivity contribution is 0.417. The monoisotopic (exact) mass is 300 g/mol. The molecular weight excluding hydrogens is 286 g/mol. The third-order valence-corrected chi connectivity index (χ3v) is 3.21. The van der Waals surface area contributed by atoms with Crippen molar-refractivity contribution in [2.45, 2.75) is 13.1 Å². The maximum absolute atomic E-state index is 8.98. The highest BCUT2D eigenvalue weighted by molar-refractivity contribution is 7.76. The van der Waals surface area contributed by atoms with Gasteiger partial charge in [0, 0.05) is 11.3 Å². The largest absolute Gasteiger partial charge is 0.760 e. The van der Waals surface area contributed by atoms with Crippen molar-refractivity contribution >= 4 is 11.3 Å². The minimum absolute atomic E-state index is 0.733. The number of nitrogens with zero attached hydrogens (tertiary/aromatic N) is 2. The molecule has 1 aliphatic rings. The van der Waals surface area contributed by atoms with Crippen LogP contribution in [-0.4, -0.2) is 13.7 Å². The van der Waals surface area contributed by atoms with Crippen molar-refractivity contribution in [3.8, 4) is 17.3 Å².